The summed E-state index contributed by atoms with van der Waals surface area (Å²) in [5, 5.41) is 11.7. The van der Waals surface area contributed by atoms with Crippen LogP contribution in [-0.4, -0.2) is 16.1 Å². The zero-order valence-corrected chi connectivity index (χ0v) is 9.78. The number of rotatable bonds is 3. The fourth-order valence-corrected chi connectivity index (χ4v) is 1.48. The van der Waals surface area contributed by atoms with Crippen LogP contribution >= 0.6 is 11.6 Å². The summed E-state index contributed by atoms with van der Waals surface area (Å²) < 4.78 is 13.2. The Morgan fingerprint density at radius 1 is 1.28 bits per heavy atom. The maximum Gasteiger partial charge on any atom is 0.354 e. The van der Waals surface area contributed by atoms with Gasteiger partial charge in [0.05, 0.1) is 5.02 Å². The van der Waals surface area contributed by atoms with E-state index in [1.807, 2.05) is 0 Å². The number of nitrogens with zero attached hydrogens (tertiary/aromatic N) is 1. The molecule has 4 nitrogen and oxygen atoms in total. The van der Waals surface area contributed by atoms with Gasteiger partial charge in [-0.2, -0.15) is 0 Å². The zero-order chi connectivity index (χ0) is 13.1. The highest BCUT2D eigenvalue weighted by Gasteiger charge is 2.06. The standard InChI is InChI=1S/C12H8ClFN2O2/c13-9-2-1-7(5-10(9)14)16-8-3-4-15-11(6-8)12(17)18/h1-6H,(H,15,16)(H,17,18). The quantitative estimate of drug-likeness (QED) is 0.895. The summed E-state index contributed by atoms with van der Waals surface area (Å²) in [7, 11) is 0. The number of carbonyl (C=O) groups is 1. The first-order valence-electron chi connectivity index (χ1n) is 4.97. The molecule has 18 heavy (non-hydrogen) atoms. The van der Waals surface area contributed by atoms with Gasteiger partial charge in [-0.3, -0.25) is 0 Å². The van der Waals surface area contributed by atoms with Gasteiger partial charge in [-0.15, -0.1) is 0 Å². The van der Waals surface area contributed by atoms with E-state index in [4.69, 9.17) is 16.7 Å². The van der Waals surface area contributed by atoms with E-state index in [2.05, 4.69) is 10.3 Å². The molecule has 0 bridgehead atoms. The van der Waals surface area contributed by atoms with Crippen LogP contribution in [0.25, 0.3) is 0 Å². The Morgan fingerprint density at radius 2 is 2.00 bits per heavy atom. The van der Waals surface area contributed by atoms with Gasteiger partial charge in [-0.25, -0.2) is 14.2 Å². The highest BCUT2D eigenvalue weighted by molar-refractivity contribution is 6.30. The Morgan fingerprint density at radius 3 is 2.67 bits per heavy atom. The van der Waals surface area contributed by atoms with Gasteiger partial charge in [0.25, 0.3) is 0 Å². The number of aromatic carboxylic acids is 1. The minimum Gasteiger partial charge on any atom is -0.477 e. The SMILES string of the molecule is O=C(O)c1cc(Nc2ccc(Cl)c(F)c2)ccn1. The third-order valence-corrected chi connectivity index (χ3v) is 2.49. The van der Waals surface area contributed by atoms with Crippen molar-refractivity contribution >= 4 is 28.9 Å². The molecule has 0 aliphatic heterocycles. The molecule has 0 fully saturated rings. The Hall–Kier alpha value is -2.14. The van der Waals surface area contributed by atoms with Crippen LogP contribution in [0.3, 0.4) is 0 Å². The van der Waals surface area contributed by atoms with E-state index in [0.29, 0.717) is 11.4 Å². The van der Waals surface area contributed by atoms with Crippen LogP contribution in [0.5, 0.6) is 0 Å². The average molecular weight is 267 g/mol. The van der Waals surface area contributed by atoms with Crippen molar-refractivity contribution in [1.82, 2.24) is 4.98 Å². The molecule has 0 spiro atoms. The van der Waals surface area contributed by atoms with Crippen molar-refractivity contribution in [3.8, 4) is 0 Å². The second-order valence-electron chi connectivity index (χ2n) is 3.49. The first-order valence-corrected chi connectivity index (χ1v) is 5.35. The monoisotopic (exact) mass is 266 g/mol. The zero-order valence-electron chi connectivity index (χ0n) is 9.02. The summed E-state index contributed by atoms with van der Waals surface area (Å²) in [6, 6.07) is 7.17. The topological polar surface area (TPSA) is 62.2 Å². The summed E-state index contributed by atoms with van der Waals surface area (Å²) in [6.07, 6.45) is 1.36. The van der Waals surface area contributed by atoms with Crippen LogP contribution in [0.4, 0.5) is 15.8 Å². The first kappa shape index (κ1) is 12.3. The lowest BCUT2D eigenvalue weighted by Crippen LogP contribution is -2.01. The van der Waals surface area contributed by atoms with Gasteiger partial charge in [0.1, 0.15) is 11.5 Å². The van der Waals surface area contributed by atoms with Crippen LogP contribution < -0.4 is 5.32 Å². The van der Waals surface area contributed by atoms with E-state index < -0.39 is 11.8 Å². The van der Waals surface area contributed by atoms with Crippen molar-refractivity contribution in [3.63, 3.8) is 0 Å². The van der Waals surface area contributed by atoms with Crippen LogP contribution in [0, 0.1) is 5.82 Å². The minimum atomic E-state index is -1.12. The molecular formula is C12H8ClFN2O2. The van der Waals surface area contributed by atoms with Gasteiger partial charge >= 0.3 is 5.97 Å². The number of pyridine rings is 1. The predicted octanol–water partition coefficient (Wildman–Crippen LogP) is 3.32. The molecule has 1 aromatic heterocycles. The summed E-state index contributed by atoms with van der Waals surface area (Å²) in [4.78, 5) is 14.4. The molecule has 1 heterocycles. The van der Waals surface area contributed by atoms with Gasteiger partial charge in [-0.05, 0) is 30.3 Å². The van der Waals surface area contributed by atoms with E-state index in [9.17, 15) is 9.18 Å². The molecule has 0 saturated heterocycles. The normalized spacial score (nSPS) is 10.1. The predicted molar refractivity (Wildman–Crippen MR) is 65.9 cm³/mol. The largest absolute Gasteiger partial charge is 0.477 e. The molecule has 0 amide bonds. The van der Waals surface area contributed by atoms with Crippen LogP contribution in [-0.2, 0) is 0 Å². The van der Waals surface area contributed by atoms with Crippen molar-refractivity contribution in [3.05, 3.63) is 53.1 Å². The third-order valence-electron chi connectivity index (χ3n) is 2.19. The molecule has 1 aromatic carbocycles. The minimum absolute atomic E-state index is 0.0292. The number of nitrogens with one attached hydrogen (secondary N) is 1. The molecule has 0 aliphatic carbocycles. The van der Waals surface area contributed by atoms with E-state index in [1.165, 1.54) is 24.4 Å². The van der Waals surface area contributed by atoms with Crippen LogP contribution in [0.15, 0.2) is 36.5 Å². The van der Waals surface area contributed by atoms with Crippen molar-refractivity contribution in [1.29, 1.82) is 0 Å². The lowest BCUT2D eigenvalue weighted by atomic mass is 10.2. The number of hydrogen-bond acceptors (Lipinski definition) is 3. The highest BCUT2D eigenvalue weighted by Crippen LogP contribution is 2.22. The molecule has 0 aliphatic rings. The molecule has 0 radical (unpaired) electrons. The number of aromatic nitrogens is 1. The number of halogens is 2. The average Bonchev–Trinajstić information content (AvgIpc) is 2.34. The van der Waals surface area contributed by atoms with Gasteiger partial charge in [0.2, 0.25) is 0 Å². The fraction of sp³-hybridized carbons (Fsp3) is 0. The van der Waals surface area contributed by atoms with Gasteiger partial charge in [0, 0.05) is 17.6 Å². The number of benzene rings is 1. The fourth-order valence-electron chi connectivity index (χ4n) is 1.37. The maximum absolute atomic E-state index is 13.2. The van der Waals surface area contributed by atoms with E-state index in [0.717, 1.165) is 0 Å². The van der Waals surface area contributed by atoms with Crippen LogP contribution in [0.2, 0.25) is 5.02 Å². The second kappa shape index (κ2) is 5.01. The van der Waals surface area contributed by atoms with Crippen molar-refractivity contribution in [2.75, 3.05) is 5.32 Å². The molecule has 0 saturated carbocycles. The summed E-state index contributed by atoms with van der Waals surface area (Å²) in [5.74, 6) is -1.67. The Kier molecular flexibility index (Phi) is 3.43. The summed E-state index contributed by atoms with van der Waals surface area (Å²) in [5.41, 5.74) is 0.887. The van der Waals surface area contributed by atoms with Gasteiger partial charge in [-0.1, -0.05) is 11.6 Å². The Balaban J connectivity index is 2.25. The molecule has 2 rings (SSSR count). The molecule has 0 unspecified atom stereocenters. The molecule has 0 atom stereocenters. The van der Waals surface area contributed by atoms with Crippen LogP contribution in [0.1, 0.15) is 10.5 Å². The van der Waals surface area contributed by atoms with E-state index in [1.54, 1.807) is 12.1 Å². The molecule has 6 heteroatoms. The number of anilines is 2. The van der Waals surface area contributed by atoms with Crippen molar-refractivity contribution in [2.24, 2.45) is 0 Å². The number of carboxylic acid groups (broad SMARTS) is 1. The lowest BCUT2D eigenvalue weighted by molar-refractivity contribution is 0.0690. The van der Waals surface area contributed by atoms with Crippen molar-refractivity contribution in [2.45, 2.75) is 0 Å². The third kappa shape index (κ3) is 2.75. The first-order chi connectivity index (χ1) is 8.56. The Bertz CT molecular complexity index is 604. The van der Waals surface area contributed by atoms with Gasteiger partial charge < -0.3 is 10.4 Å². The molecule has 2 N–H and O–H groups in total. The van der Waals surface area contributed by atoms with E-state index in [-0.39, 0.29) is 10.7 Å². The highest BCUT2D eigenvalue weighted by atomic mass is 35.5. The van der Waals surface area contributed by atoms with Crippen molar-refractivity contribution < 1.29 is 14.3 Å². The smallest absolute Gasteiger partial charge is 0.354 e. The van der Waals surface area contributed by atoms with Gasteiger partial charge in [0.15, 0.2) is 0 Å². The molecule has 2 aromatic rings. The second-order valence-corrected chi connectivity index (χ2v) is 3.90. The summed E-state index contributed by atoms with van der Waals surface area (Å²) >= 11 is 5.56. The molecule has 92 valence electrons. The maximum atomic E-state index is 13.2. The Labute approximate surface area is 107 Å². The number of hydrogen-bond donors (Lipinski definition) is 2. The summed E-state index contributed by atoms with van der Waals surface area (Å²) in [6.45, 7) is 0. The number of carboxylic acids is 1. The van der Waals surface area contributed by atoms with E-state index >= 15 is 0 Å². The molecular weight excluding hydrogens is 259 g/mol. The lowest BCUT2D eigenvalue weighted by Gasteiger charge is -2.07.